The molecule has 0 aromatic heterocycles. The predicted octanol–water partition coefficient (Wildman–Crippen LogP) is 1.58. The maximum absolute atomic E-state index is 11.5. The predicted molar refractivity (Wildman–Crippen MR) is 58.7 cm³/mol. The zero-order chi connectivity index (χ0) is 12.2. The van der Waals surface area contributed by atoms with Crippen molar-refractivity contribution in [2.45, 2.75) is 17.7 Å². The Labute approximate surface area is 94.4 Å². The Balaban J connectivity index is 2.88. The van der Waals surface area contributed by atoms with E-state index in [9.17, 15) is 13.2 Å². The van der Waals surface area contributed by atoms with Gasteiger partial charge in [-0.25, -0.2) is 8.42 Å². The van der Waals surface area contributed by atoms with Crippen LogP contribution >= 0.6 is 0 Å². The number of Topliss-reactive ketones (excluding diaryl/α,β-unsaturated/α-hetero) is 1. The van der Waals surface area contributed by atoms with Crippen LogP contribution in [-0.4, -0.2) is 20.5 Å². The number of carbonyl (C=O) groups is 1. The molecule has 0 heterocycles. The van der Waals surface area contributed by atoms with Crippen molar-refractivity contribution in [3.63, 3.8) is 0 Å². The third kappa shape index (κ3) is 3.17. The van der Waals surface area contributed by atoms with Gasteiger partial charge in [0, 0.05) is 24.7 Å². The largest absolute Gasteiger partial charge is 0.294 e. The van der Waals surface area contributed by atoms with Crippen LogP contribution in [0.1, 0.15) is 23.2 Å². The molecule has 0 radical (unpaired) electrons. The Bertz CT molecular complexity index is 523. The van der Waals surface area contributed by atoms with Gasteiger partial charge in [0.2, 0.25) is 0 Å². The molecule has 0 N–H and O–H groups in total. The van der Waals surface area contributed by atoms with Gasteiger partial charge >= 0.3 is 0 Å². The molecule has 16 heavy (non-hydrogen) atoms. The summed E-state index contributed by atoms with van der Waals surface area (Å²) in [5, 5.41) is 8.33. The van der Waals surface area contributed by atoms with Gasteiger partial charge in [0.25, 0.3) is 0 Å². The Morgan fingerprint density at radius 1 is 1.31 bits per heavy atom. The van der Waals surface area contributed by atoms with E-state index in [4.69, 9.17) is 5.26 Å². The van der Waals surface area contributed by atoms with Crippen molar-refractivity contribution >= 4 is 15.6 Å². The fourth-order valence-corrected chi connectivity index (χ4v) is 1.83. The molecule has 0 fully saturated rings. The number of rotatable bonds is 4. The zero-order valence-corrected chi connectivity index (χ0v) is 9.62. The highest BCUT2D eigenvalue weighted by Crippen LogP contribution is 2.12. The Morgan fingerprint density at radius 3 is 2.31 bits per heavy atom. The van der Waals surface area contributed by atoms with Crippen molar-refractivity contribution in [3.05, 3.63) is 29.8 Å². The average molecular weight is 237 g/mol. The van der Waals surface area contributed by atoms with E-state index in [1.165, 1.54) is 24.3 Å². The summed E-state index contributed by atoms with van der Waals surface area (Å²) in [4.78, 5) is 11.6. The second-order valence-corrected chi connectivity index (χ2v) is 5.39. The minimum Gasteiger partial charge on any atom is -0.294 e. The zero-order valence-electron chi connectivity index (χ0n) is 8.80. The molecular weight excluding hydrogens is 226 g/mol. The minimum atomic E-state index is -3.23. The number of nitriles is 1. The van der Waals surface area contributed by atoms with Crippen LogP contribution in [0.25, 0.3) is 0 Å². The first kappa shape index (κ1) is 12.4. The molecule has 0 spiro atoms. The van der Waals surface area contributed by atoms with Crippen molar-refractivity contribution in [1.29, 1.82) is 5.26 Å². The highest BCUT2D eigenvalue weighted by Gasteiger charge is 2.09. The summed E-state index contributed by atoms with van der Waals surface area (Å²) in [6.45, 7) is 0. The van der Waals surface area contributed by atoms with Crippen molar-refractivity contribution in [2.24, 2.45) is 0 Å². The highest BCUT2D eigenvalue weighted by molar-refractivity contribution is 7.90. The first-order chi connectivity index (χ1) is 7.45. The van der Waals surface area contributed by atoms with Crippen molar-refractivity contribution in [1.82, 2.24) is 0 Å². The van der Waals surface area contributed by atoms with Crippen molar-refractivity contribution in [3.8, 4) is 6.07 Å². The molecule has 84 valence electrons. The molecule has 0 aliphatic carbocycles. The van der Waals surface area contributed by atoms with E-state index in [1.54, 1.807) is 0 Å². The van der Waals surface area contributed by atoms with Crippen LogP contribution in [0.4, 0.5) is 0 Å². The molecule has 0 amide bonds. The summed E-state index contributed by atoms with van der Waals surface area (Å²) < 4.78 is 22.3. The summed E-state index contributed by atoms with van der Waals surface area (Å²) in [6, 6.07) is 7.62. The number of hydrogen-bond donors (Lipinski definition) is 0. The van der Waals surface area contributed by atoms with Gasteiger partial charge in [-0.2, -0.15) is 5.26 Å². The Kier molecular flexibility index (Phi) is 3.80. The van der Waals surface area contributed by atoms with E-state index in [0.29, 0.717) is 5.56 Å². The normalized spacial score (nSPS) is 10.8. The second-order valence-electron chi connectivity index (χ2n) is 3.38. The van der Waals surface area contributed by atoms with E-state index in [2.05, 4.69) is 0 Å². The van der Waals surface area contributed by atoms with Crippen LogP contribution in [0.2, 0.25) is 0 Å². The quantitative estimate of drug-likeness (QED) is 0.745. The number of hydrogen-bond acceptors (Lipinski definition) is 4. The van der Waals surface area contributed by atoms with Crippen LogP contribution in [0, 0.1) is 11.3 Å². The average Bonchev–Trinajstić information content (AvgIpc) is 2.25. The molecule has 0 aliphatic rings. The molecule has 1 aromatic carbocycles. The van der Waals surface area contributed by atoms with E-state index in [0.717, 1.165) is 6.26 Å². The Morgan fingerprint density at radius 2 is 1.88 bits per heavy atom. The lowest BCUT2D eigenvalue weighted by Crippen LogP contribution is -2.01. The van der Waals surface area contributed by atoms with Gasteiger partial charge in [0.1, 0.15) is 0 Å². The first-order valence-corrected chi connectivity index (χ1v) is 6.54. The van der Waals surface area contributed by atoms with Crippen LogP contribution in [0.5, 0.6) is 0 Å². The summed E-state index contributed by atoms with van der Waals surface area (Å²) in [7, 11) is -3.23. The van der Waals surface area contributed by atoms with Crippen LogP contribution in [-0.2, 0) is 9.84 Å². The fraction of sp³-hybridized carbons (Fsp3) is 0.273. The third-order valence-corrected chi connectivity index (χ3v) is 3.20. The molecule has 1 rings (SSSR count). The molecule has 5 heteroatoms. The minimum absolute atomic E-state index is 0.151. The van der Waals surface area contributed by atoms with Crippen molar-refractivity contribution < 1.29 is 13.2 Å². The van der Waals surface area contributed by atoms with Crippen molar-refractivity contribution in [2.75, 3.05) is 6.26 Å². The Hall–Kier alpha value is -1.67. The standard InChI is InChI=1S/C11H11NO3S/c1-16(14,15)10-6-4-9(5-7-10)11(13)3-2-8-12/h4-7H,2-3H2,1H3. The molecular formula is C11H11NO3S. The molecule has 1 aromatic rings. The van der Waals surface area contributed by atoms with Gasteiger partial charge in [0.15, 0.2) is 15.6 Å². The van der Waals surface area contributed by atoms with Gasteiger partial charge in [-0.1, -0.05) is 12.1 Å². The second kappa shape index (κ2) is 4.90. The van der Waals surface area contributed by atoms with Crippen LogP contribution in [0.3, 0.4) is 0 Å². The molecule has 4 nitrogen and oxygen atoms in total. The van der Waals surface area contributed by atoms with Crippen LogP contribution in [0.15, 0.2) is 29.2 Å². The van der Waals surface area contributed by atoms with Gasteiger partial charge in [0.05, 0.1) is 11.0 Å². The lowest BCUT2D eigenvalue weighted by molar-refractivity contribution is 0.0984. The lowest BCUT2D eigenvalue weighted by atomic mass is 10.1. The smallest absolute Gasteiger partial charge is 0.175 e. The maximum atomic E-state index is 11.5. The van der Waals surface area contributed by atoms with E-state index < -0.39 is 9.84 Å². The monoisotopic (exact) mass is 237 g/mol. The highest BCUT2D eigenvalue weighted by atomic mass is 32.2. The van der Waals surface area contributed by atoms with E-state index >= 15 is 0 Å². The molecule has 0 aliphatic heterocycles. The summed E-state index contributed by atoms with van der Waals surface area (Å²) in [6.07, 6.45) is 1.45. The molecule has 0 saturated heterocycles. The van der Waals surface area contributed by atoms with Crippen LogP contribution < -0.4 is 0 Å². The molecule has 0 bridgehead atoms. The van der Waals surface area contributed by atoms with Gasteiger partial charge in [-0.3, -0.25) is 4.79 Å². The first-order valence-electron chi connectivity index (χ1n) is 4.65. The SMILES string of the molecule is CS(=O)(=O)c1ccc(C(=O)CCC#N)cc1. The number of carbonyl (C=O) groups excluding carboxylic acids is 1. The van der Waals surface area contributed by atoms with E-state index in [-0.39, 0.29) is 23.5 Å². The molecule has 0 saturated carbocycles. The topological polar surface area (TPSA) is 75.0 Å². The lowest BCUT2D eigenvalue weighted by Gasteiger charge is -2.00. The summed E-state index contributed by atoms with van der Waals surface area (Å²) in [5.74, 6) is -0.151. The maximum Gasteiger partial charge on any atom is 0.175 e. The number of sulfone groups is 1. The van der Waals surface area contributed by atoms with E-state index in [1.807, 2.05) is 6.07 Å². The molecule has 0 unspecified atom stereocenters. The number of benzene rings is 1. The number of ketones is 1. The van der Waals surface area contributed by atoms with Gasteiger partial charge < -0.3 is 0 Å². The summed E-state index contributed by atoms with van der Waals surface area (Å²) in [5.41, 5.74) is 0.433. The van der Waals surface area contributed by atoms with Gasteiger partial charge in [-0.05, 0) is 12.1 Å². The number of nitrogens with zero attached hydrogens (tertiary/aromatic N) is 1. The molecule has 0 atom stereocenters. The summed E-state index contributed by atoms with van der Waals surface area (Å²) >= 11 is 0. The van der Waals surface area contributed by atoms with Gasteiger partial charge in [-0.15, -0.1) is 0 Å². The third-order valence-electron chi connectivity index (χ3n) is 2.07. The fourth-order valence-electron chi connectivity index (χ4n) is 1.20.